The first-order valence-corrected chi connectivity index (χ1v) is 6.61. The van der Waals surface area contributed by atoms with Crippen molar-refractivity contribution in [3.63, 3.8) is 0 Å². The zero-order chi connectivity index (χ0) is 14.9. The SMILES string of the molecule is COc1cc(-c2nc(C)cc(C(C)(C)C)n2)ccc1N. The summed E-state index contributed by atoms with van der Waals surface area (Å²) in [6.07, 6.45) is 0. The third-order valence-corrected chi connectivity index (χ3v) is 3.11. The Hall–Kier alpha value is -2.10. The van der Waals surface area contributed by atoms with Gasteiger partial charge in [0.1, 0.15) is 5.75 Å². The second-order valence-electron chi connectivity index (χ2n) is 5.92. The van der Waals surface area contributed by atoms with Gasteiger partial charge in [-0.15, -0.1) is 0 Å². The van der Waals surface area contributed by atoms with Gasteiger partial charge in [-0.25, -0.2) is 9.97 Å². The highest BCUT2D eigenvalue weighted by Gasteiger charge is 2.18. The van der Waals surface area contributed by atoms with Crippen LogP contribution in [0.2, 0.25) is 0 Å². The summed E-state index contributed by atoms with van der Waals surface area (Å²) < 4.78 is 5.25. The van der Waals surface area contributed by atoms with E-state index < -0.39 is 0 Å². The van der Waals surface area contributed by atoms with Crippen molar-refractivity contribution in [2.24, 2.45) is 0 Å². The van der Waals surface area contributed by atoms with Crippen LogP contribution in [0.25, 0.3) is 11.4 Å². The number of nitrogens with zero attached hydrogens (tertiary/aromatic N) is 2. The van der Waals surface area contributed by atoms with Gasteiger partial charge < -0.3 is 10.5 Å². The Morgan fingerprint density at radius 3 is 2.40 bits per heavy atom. The Balaban J connectivity index is 2.55. The van der Waals surface area contributed by atoms with Crippen LogP contribution in [0.15, 0.2) is 24.3 Å². The maximum Gasteiger partial charge on any atom is 0.159 e. The van der Waals surface area contributed by atoms with Crippen LogP contribution >= 0.6 is 0 Å². The summed E-state index contributed by atoms with van der Waals surface area (Å²) in [6, 6.07) is 7.63. The lowest BCUT2D eigenvalue weighted by Gasteiger charge is -2.19. The third-order valence-electron chi connectivity index (χ3n) is 3.11. The molecular weight excluding hydrogens is 250 g/mol. The van der Waals surface area contributed by atoms with Crippen LogP contribution in [0.3, 0.4) is 0 Å². The van der Waals surface area contributed by atoms with E-state index in [1.807, 2.05) is 31.2 Å². The van der Waals surface area contributed by atoms with E-state index in [-0.39, 0.29) is 5.41 Å². The molecule has 20 heavy (non-hydrogen) atoms. The first kappa shape index (κ1) is 14.3. The highest BCUT2D eigenvalue weighted by molar-refractivity contribution is 5.65. The van der Waals surface area contributed by atoms with Crippen molar-refractivity contribution in [1.29, 1.82) is 0 Å². The molecular formula is C16H21N3O. The van der Waals surface area contributed by atoms with E-state index in [0.717, 1.165) is 17.0 Å². The zero-order valence-electron chi connectivity index (χ0n) is 12.7. The van der Waals surface area contributed by atoms with Crippen LogP contribution in [0.1, 0.15) is 32.2 Å². The maximum absolute atomic E-state index is 5.84. The topological polar surface area (TPSA) is 61.0 Å². The van der Waals surface area contributed by atoms with Gasteiger partial charge in [0, 0.05) is 16.7 Å². The lowest BCUT2D eigenvalue weighted by molar-refractivity contribution is 0.417. The van der Waals surface area contributed by atoms with Crippen molar-refractivity contribution in [1.82, 2.24) is 9.97 Å². The number of hydrogen-bond donors (Lipinski definition) is 1. The predicted octanol–water partition coefficient (Wildman–Crippen LogP) is 3.34. The fourth-order valence-corrected chi connectivity index (χ4v) is 1.93. The van der Waals surface area contributed by atoms with E-state index >= 15 is 0 Å². The highest BCUT2D eigenvalue weighted by Crippen LogP contribution is 2.29. The number of aromatic nitrogens is 2. The van der Waals surface area contributed by atoms with Gasteiger partial charge in [-0.1, -0.05) is 20.8 Å². The fourth-order valence-electron chi connectivity index (χ4n) is 1.93. The Kier molecular flexibility index (Phi) is 3.66. The number of anilines is 1. The summed E-state index contributed by atoms with van der Waals surface area (Å²) in [4.78, 5) is 9.19. The van der Waals surface area contributed by atoms with Gasteiger partial charge in [0.25, 0.3) is 0 Å². The molecule has 0 unspecified atom stereocenters. The van der Waals surface area contributed by atoms with Crippen molar-refractivity contribution in [2.75, 3.05) is 12.8 Å². The number of aryl methyl sites for hydroxylation is 1. The van der Waals surface area contributed by atoms with Crippen LogP contribution in [0, 0.1) is 6.92 Å². The summed E-state index contributed by atoms with van der Waals surface area (Å²) in [5.74, 6) is 1.35. The lowest BCUT2D eigenvalue weighted by Crippen LogP contribution is -2.15. The zero-order valence-corrected chi connectivity index (χ0v) is 12.7. The summed E-state index contributed by atoms with van der Waals surface area (Å²) >= 11 is 0. The minimum Gasteiger partial charge on any atom is -0.495 e. The molecule has 1 heterocycles. The van der Waals surface area contributed by atoms with Crippen molar-refractivity contribution < 1.29 is 4.74 Å². The quantitative estimate of drug-likeness (QED) is 0.851. The van der Waals surface area contributed by atoms with E-state index in [4.69, 9.17) is 10.5 Å². The molecule has 0 aliphatic carbocycles. The Morgan fingerprint density at radius 2 is 1.80 bits per heavy atom. The fraction of sp³-hybridized carbons (Fsp3) is 0.375. The largest absolute Gasteiger partial charge is 0.495 e. The number of methoxy groups -OCH3 is 1. The lowest BCUT2D eigenvalue weighted by atomic mass is 9.91. The predicted molar refractivity (Wildman–Crippen MR) is 81.9 cm³/mol. The molecule has 2 N–H and O–H groups in total. The molecule has 106 valence electrons. The van der Waals surface area contributed by atoms with Crippen LogP contribution in [0.5, 0.6) is 5.75 Å². The number of ether oxygens (including phenoxy) is 1. The van der Waals surface area contributed by atoms with Gasteiger partial charge in [-0.2, -0.15) is 0 Å². The summed E-state index contributed by atoms with van der Waals surface area (Å²) in [5.41, 5.74) is 9.32. The molecule has 0 radical (unpaired) electrons. The maximum atomic E-state index is 5.84. The number of benzene rings is 1. The van der Waals surface area contributed by atoms with Gasteiger partial charge in [0.2, 0.25) is 0 Å². The third kappa shape index (κ3) is 2.90. The smallest absolute Gasteiger partial charge is 0.159 e. The van der Waals surface area contributed by atoms with Gasteiger partial charge >= 0.3 is 0 Å². The highest BCUT2D eigenvalue weighted by atomic mass is 16.5. The molecule has 2 aromatic rings. The molecule has 4 heteroatoms. The molecule has 2 rings (SSSR count). The van der Waals surface area contributed by atoms with Crippen LogP contribution in [-0.4, -0.2) is 17.1 Å². The van der Waals surface area contributed by atoms with E-state index in [9.17, 15) is 0 Å². The van der Waals surface area contributed by atoms with Crippen LogP contribution in [-0.2, 0) is 5.41 Å². The number of nitrogen functional groups attached to an aromatic ring is 1. The van der Waals surface area contributed by atoms with E-state index in [2.05, 4.69) is 30.7 Å². The average Bonchev–Trinajstić information content (AvgIpc) is 2.37. The van der Waals surface area contributed by atoms with Crippen LogP contribution < -0.4 is 10.5 Å². The monoisotopic (exact) mass is 271 g/mol. The molecule has 1 aromatic heterocycles. The minimum absolute atomic E-state index is 0.0135. The molecule has 0 bridgehead atoms. The molecule has 0 saturated heterocycles. The summed E-state index contributed by atoms with van der Waals surface area (Å²) in [5, 5.41) is 0. The Bertz CT molecular complexity index is 630. The van der Waals surface area contributed by atoms with Crippen molar-refractivity contribution in [3.05, 3.63) is 35.7 Å². The minimum atomic E-state index is -0.0135. The van der Waals surface area contributed by atoms with E-state index in [1.54, 1.807) is 7.11 Å². The standard InChI is InChI=1S/C16H21N3O/c1-10-8-14(16(2,3)4)19-15(18-10)11-6-7-12(17)13(9-11)20-5/h6-9H,17H2,1-5H3. The summed E-state index contributed by atoms with van der Waals surface area (Å²) in [7, 11) is 1.60. The normalized spacial score (nSPS) is 11.4. The molecule has 0 aliphatic rings. The molecule has 1 aromatic carbocycles. The summed E-state index contributed by atoms with van der Waals surface area (Å²) in [6.45, 7) is 8.40. The van der Waals surface area contributed by atoms with E-state index in [0.29, 0.717) is 17.3 Å². The van der Waals surface area contributed by atoms with E-state index in [1.165, 1.54) is 0 Å². The molecule has 0 fully saturated rings. The molecule has 0 aliphatic heterocycles. The molecule has 0 amide bonds. The molecule has 0 spiro atoms. The van der Waals surface area contributed by atoms with Crippen LogP contribution in [0.4, 0.5) is 5.69 Å². The van der Waals surface area contributed by atoms with Crippen molar-refractivity contribution in [2.45, 2.75) is 33.1 Å². The Morgan fingerprint density at radius 1 is 1.10 bits per heavy atom. The van der Waals surface area contributed by atoms with Gasteiger partial charge in [0.15, 0.2) is 5.82 Å². The van der Waals surface area contributed by atoms with Crippen molar-refractivity contribution in [3.8, 4) is 17.1 Å². The first-order chi connectivity index (χ1) is 9.31. The number of hydrogen-bond acceptors (Lipinski definition) is 4. The number of rotatable bonds is 2. The van der Waals surface area contributed by atoms with Gasteiger partial charge in [0.05, 0.1) is 18.5 Å². The van der Waals surface area contributed by atoms with Crippen molar-refractivity contribution >= 4 is 5.69 Å². The average molecular weight is 271 g/mol. The second-order valence-corrected chi connectivity index (χ2v) is 5.92. The molecule has 0 atom stereocenters. The van der Waals surface area contributed by atoms with Gasteiger partial charge in [-0.05, 0) is 31.2 Å². The second kappa shape index (κ2) is 5.12. The first-order valence-electron chi connectivity index (χ1n) is 6.61. The number of nitrogens with two attached hydrogens (primary N) is 1. The molecule has 4 nitrogen and oxygen atoms in total. The Labute approximate surface area is 120 Å². The van der Waals surface area contributed by atoms with Gasteiger partial charge in [-0.3, -0.25) is 0 Å². The molecule has 0 saturated carbocycles.